The quantitative estimate of drug-likeness (QED) is 0.863. The van der Waals surface area contributed by atoms with Crippen LogP contribution in [0.3, 0.4) is 0 Å². The molecule has 1 amide bonds. The van der Waals surface area contributed by atoms with Crippen LogP contribution >= 0.6 is 11.6 Å². The summed E-state index contributed by atoms with van der Waals surface area (Å²) in [6, 6.07) is 11.0. The van der Waals surface area contributed by atoms with Crippen molar-refractivity contribution >= 4 is 38.9 Å². The van der Waals surface area contributed by atoms with E-state index in [4.69, 9.17) is 16.3 Å². The zero-order chi connectivity index (χ0) is 18.0. The highest BCUT2D eigenvalue weighted by Crippen LogP contribution is 2.29. The molecule has 3 rings (SSSR count). The molecule has 2 aromatic carbocycles. The minimum atomic E-state index is -3.81. The van der Waals surface area contributed by atoms with Crippen molar-refractivity contribution in [3.05, 3.63) is 47.5 Å². The van der Waals surface area contributed by atoms with Gasteiger partial charge in [0.25, 0.3) is 10.0 Å². The van der Waals surface area contributed by atoms with Crippen molar-refractivity contribution in [3.8, 4) is 5.75 Å². The number of halogens is 1. The molecule has 2 aromatic rings. The fourth-order valence-electron chi connectivity index (χ4n) is 2.69. The molecule has 1 aliphatic heterocycles. The molecular weight excluding hydrogens is 364 g/mol. The Morgan fingerprint density at radius 1 is 1.20 bits per heavy atom. The molecule has 1 N–H and O–H groups in total. The van der Waals surface area contributed by atoms with Gasteiger partial charge in [0.1, 0.15) is 5.75 Å². The molecule has 6 nitrogen and oxygen atoms in total. The van der Waals surface area contributed by atoms with E-state index in [0.717, 1.165) is 6.42 Å². The van der Waals surface area contributed by atoms with Gasteiger partial charge in [0, 0.05) is 18.7 Å². The second kappa shape index (κ2) is 6.93. The molecule has 132 valence electrons. The molecule has 1 saturated heterocycles. The number of methoxy groups -OCH3 is 1. The number of amides is 1. The summed E-state index contributed by atoms with van der Waals surface area (Å²) in [4.78, 5) is 13.5. The average molecular weight is 381 g/mol. The standard InChI is InChI=1S/C17H17ClN2O4S/c1-24-16-8-7-14(11-15(16)18)25(22,23)19-12-4-2-5-13(10-12)20-9-3-6-17(20)21/h2,4-5,7-8,10-11,19H,3,6,9H2,1H3. The van der Waals surface area contributed by atoms with E-state index in [1.807, 2.05) is 0 Å². The minimum Gasteiger partial charge on any atom is -0.495 e. The maximum atomic E-state index is 12.6. The molecule has 8 heteroatoms. The Morgan fingerprint density at radius 2 is 2.00 bits per heavy atom. The molecule has 0 aliphatic carbocycles. The van der Waals surface area contributed by atoms with Crippen LogP contribution in [0.2, 0.25) is 5.02 Å². The van der Waals surface area contributed by atoms with Crippen molar-refractivity contribution in [3.63, 3.8) is 0 Å². The molecule has 25 heavy (non-hydrogen) atoms. The zero-order valence-corrected chi connectivity index (χ0v) is 15.1. The van der Waals surface area contributed by atoms with Crippen LogP contribution in [0.1, 0.15) is 12.8 Å². The van der Waals surface area contributed by atoms with Crippen molar-refractivity contribution < 1.29 is 17.9 Å². The lowest BCUT2D eigenvalue weighted by molar-refractivity contribution is -0.117. The van der Waals surface area contributed by atoms with Gasteiger partial charge >= 0.3 is 0 Å². The van der Waals surface area contributed by atoms with Gasteiger partial charge in [-0.25, -0.2) is 8.42 Å². The number of hydrogen-bond donors (Lipinski definition) is 1. The lowest BCUT2D eigenvalue weighted by Crippen LogP contribution is -2.23. The van der Waals surface area contributed by atoms with E-state index in [1.165, 1.54) is 25.3 Å². The summed E-state index contributed by atoms with van der Waals surface area (Å²) in [7, 11) is -2.35. The molecule has 0 spiro atoms. The van der Waals surface area contributed by atoms with E-state index >= 15 is 0 Å². The van der Waals surface area contributed by atoms with Gasteiger partial charge in [0.15, 0.2) is 0 Å². The van der Waals surface area contributed by atoms with Crippen molar-refractivity contribution in [1.29, 1.82) is 0 Å². The van der Waals surface area contributed by atoms with Gasteiger partial charge in [-0.05, 0) is 42.8 Å². The van der Waals surface area contributed by atoms with E-state index < -0.39 is 10.0 Å². The first-order valence-corrected chi connectivity index (χ1v) is 9.53. The van der Waals surface area contributed by atoms with E-state index in [9.17, 15) is 13.2 Å². The maximum absolute atomic E-state index is 12.6. The summed E-state index contributed by atoms with van der Waals surface area (Å²) in [5.41, 5.74) is 1.06. The van der Waals surface area contributed by atoms with Crippen LogP contribution in [-0.4, -0.2) is 28.0 Å². The lowest BCUT2D eigenvalue weighted by Gasteiger charge is -2.17. The third-order valence-electron chi connectivity index (χ3n) is 3.92. The Labute approximate surface area is 151 Å². The van der Waals surface area contributed by atoms with Gasteiger partial charge < -0.3 is 9.64 Å². The van der Waals surface area contributed by atoms with Gasteiger partial charge in [-0.2, -0.15) is 0 Å². The zero-order valence-electron chi connectivity index (χ0n) is 13.5. The number of anilines is 2. The summed E-state index contributed by atoms with van der Waals surface area (Å²) in [5, 5.41) is 0.210. The lowest BCUT2D eigenvalue weighted by atomic mass is 10.2. The number of carbonyl (C=O) groups excluding carboxylic acids is 1. The highest BCUT2D eigenvalue weighted by atomic mass is 35.5. The number of rotatable bonds is 5. The van der Waals surface area contributed by atoms with Gasteiger partial charge in [0.2, 0.25) is 5.91 Å². The smallest absolute Gasteiger partial charge is 0.261 e. The molecule has 0 aromatic heterocycles. The van der Waals surface area contributed by atoms with Crippen LogP contribution < -0.4 is 14.4 Å². The van der Waals surface area contributed by atoms with Crippen LogP contribution in [0.15, 0.2) is 47.4 Å². The largest absolute Gasteiger partial charge is 0.495 e. The number of nitrogens with one attached hydrogen (secondary N) is 1. The van der Waals surface area contributed by atoms with E-state index in [2.05, 4.69) is 4.72 Å². The third-order valence-corrected chi connectivity index (χ3v) is 5.59. The molecule has 0 bridgehead atoms. The van der Waals surface area contributed by atoms with Gasteiger partial charge in [-0.3, -0.25) is 9.52 Å². The highest BCUT2D eigenvalue weighted by molar-refractivity contribution is 7.92. The monoisotopic (exact) mass is 380 g/mol. The van der Waals surface area contributed by atoms with Crippen molar-refractivity contribution in [1.82, 2.24) is 0 Å². The van der Waals surface area contributed by atoms with Crippen molar-refractivity contribution in [2.75, 3.05) is 23.3 Å². The van der Waals surface area contributed by atoms with Crippen LogP contribution in [0.25, 0.3) is 0 Å². The number of sulfonamides is 1. The molecule has 0 saturated carbocycles. The van der Waals surface area contributed by atoms with Crippen molar-refractivity contribution in [2.45, 2.75) is 17.7 Å². The predicted molar refractivity (Wildman–Crippen MR) is 96.8 cm³/mol. The highest BCUT2D eigenvalue weighted by Gasteiger charge is 2.22. The van der Waals surface area contributed by atoms with Crippen LogP contribution in [-0.2, 0) is 14.8 Å². The number of carbonyl (C=O) groups is 1. The second-order valence-corrected chi connectivity index (χ2v) is 7.69. The second-order valence-electron chi connectivity index (χ2n) is 5.60. The topological polar surface area (TPSA) is 75.7 Å². The molecule has 1 heterocycles. The maximum Gasteiger partial charge on any atom is 0.261 e. The number of hydrogen-bond acceptors (Lipinski definition) is 4. The normalized spacial score (nSPS) is 14.6. The molecule has 0 unspecified atom stereocenters. The molecular formula is C17H17ClN2O4S. The Morgan fingerprint density at radius 3 is 2.64 bits per heavy atom. The van der Waals surface area contributed by atoms with E-state index in [1.54, 1.807) is 29.2 Å². The summed E-state index contributed by atoms with van der Waals surface area (Å²) in [5.74, 6) is 0.442. The molecule has 1 aliphatic rings. The van der Waals surface area contributed by atoms with Gasteiger partial charge in [0.05, 0.1) is 22.7 Å². The fourth-order valence-corrected chi connectivity index (χ4v) is 4.08. The first-order valence-electron chi connectivity index (χ1n) is 7.67. The molecule has 0 radical (unpaired) electrons. The van der Waals surface area contributed by atoms with Crippen LogP contribution in [0.5, 0.6) is 5.75 Å². The SMILES string of the molecule is COc1ccc(S(=O)(=O)Nc2cccc(N3CCCC3=O)c2)cc1Cl. The first-order chi connectivity index (χ1) is 11.9. The van der Waals surface area contributed by atoms with Crippen molar-refractivity contribution in [2.24, 2.45) is 0 Å². The van der Waals surface area contributed by atoms with Crippen LogP contribution in [0, 0.1) is 0 Å². The third kappa shape index (κ3) is 3.72. The van der Waals surface area contributed by atoms with E-state index in [0.29, 0.717) is 30.1 Å². The summed E-state index contributed by atoms with van der Waals surface area (Å²) in [6.07, 6.45) is 1.32. The van der Waals surface area contributed by atoms with Crippen LogP contribution in [0.4, 0.5) is 11.4 Å². The minimum absolute atomic E-state index is 0.0287. The summed E-state index contributed by atoms with van der Waals surface area (Å²) in [6.45, 7) is 0.642. The summed E-state index contributed by atoms with van der Waals surface area (Å²) < 4.78 is 32.7. The summed E-state index contributed by atoms with van der Waals surface area (Å²) >= 11 is 6.00. The number of nitrogens with zero attached hydrogens (tertiary/aromatic N) is 1. The Bertz CT molecular complexity index is 915. The van der Waals surface area contributed by atoms with Gasteiger partial charge in [-0.15, -0.1) is 0 Å². The van der Waals surface area contributed by atoms with Gasteiger partial charge in [-0.1, -0.05) is 17.7 Å². The Balaban J connectivity index is 1.86. The first kappa shape index (κ1) is 17.6. The average Bonchev–Trinajstić information content (AvgIpc) is 3.00. The molecule has 1 fully saturated rings. The number of ether oxygens (including phenoxy) is 1. The Kier molecular flexibility index (Phi) is 4.87. The predicted octanol–water partition coefficient (Wildman–Crippen LogP) is 3.28. The van der Waals surface area contributed by atoms with E-state index in [-0.39, 0.29) is 15.8 Å². The molecule has 0 atom stereocenters. The fraction of sp³-hybridized carbons (Fsp3) is 0.235. The number of benzene rings is 2. The Hall–Kier alpha value is -2.25.